The van der Waals surface area contributed by atoms with Crippen molar-refractivity contribution in [3.8, 4) is 5.75 Å². The van der Waals surface area contributed by atoms with E-state index in [0.29, 0.717) is 6.61 Å². The Bertz CT molecular complexity index is 517. The minimum atomic E-state index is 0.697. The average molecular weight is 402 g/mol. The third kappa shape index (κ3) is 4.55. The van der Waals surface area contributed by atoms with Gasteiger partial charge < -0.3 is 4.74 Å². The third-order valence-electron chi connectivity index (χ3n) is 2.53. The monoisotopic (exact) mass is 400 g/mol. The van der Waals surface area contributed by atoms with Gasteiger partial charge in [0.25, 0.3) is 0 Å². The summed E-state index contributed by atoms with van der Waals surface area (Å²) < 4.78 is 6.89. The zero-order valence-electron chi connectivity index (χ0n) is 10.3. The van der Waals surface area contributed by atoms with Crippen molar-refractivity contribution in [2.75, 3.05) is 12.4 Å². The van der Waals surface area contributed by atoms with Crippen LogP contribution >= 0.6 is 43.6 Å². The molecule has 0 bridgehead atoms. The Morgan fingerprint density at radius 1 is 1.00 bits per heavy atom. The lowest BCUT2D eigenvalue weighted by Gasteiger charge is -2.11. The van der Waals surface area contributed by atoms with Crippen molar-refractivity contribution in [3.63, 3.8) is 0 Å². The lowest BCUT2D eigenvalue weighted by atomic mass is 10.2. The second-order valence-corrected chi connectivity index (χ2v) is 6.46. The molecule has 0 aliphatic carbocycles. The van der Waals surface area contributed by atoms with Gasteiger partial charge in [-0.25, -0.2) is 0 Å². The summed E-state index contributed by atoms with van der Waals surface area (Å²) in [5, 5.41) is 0.799. The van der Waals surface area contributed by atoms with Crippen molar-refractivity contribution < 1.29 is 4.74 Å². The number of benzene rings is 2. The Labute approximate surface area is 135 Å². The van der Waals surface area contributed by atoms with Crippen LogP contribution in [0.4, 0.5) is 0 Å². The Morgan fingerprint density at radius 3 is 2.53 bits per heavy atom. The maximum atomic E-state index is 5.88. The largest absolute Gasteiger partial charge is 0.491 e. The summed E-state index contributed by atoms with van der Waals surface area (Å²) in [6, 6.07) is 16.5. The number of hydrogen-bond donors (Lipinski definition) is 0. The van der Waals surface area contributed by atoms with Gasteiger partial charge in [0.1, 0.15) is 5.75 Å². The number of hydrogen-bond acceptors (Lipinski definition) is 2. The zero-order chi connectivity index (χ0) is 13.5. The first-order valence-corrected chi connectivity index (χ1v) is 8.85. The van der Waals surface area contributed by atoms with Crippen LogP contribution in [-0.4, -0.2) is 12.4 Å². The lowest BCUT2D eigenvalue weighted by molar-refractivity contribution is 0.339. The van der Waals surface area contributed by atoms with Gasteiger partial charge in [-0.2, -0.15) is 0 Å². The molecule has 4 heteroatoms. The van der Waals surface area contributed by atoms with Crippen LogP contribution in [-0.2, 0) is 5.33 Å². The molecule has 2 aromatic rings. The molecule has 0 N–H and O–H groups in total. The second kappa shape index (κ2) is 7.98. The summed E-state index contributed by atoms with van der Waals surface area (Å²) in [4.78, 5) is 1.28. The SMILES string of the molecule is BrCc1cccc(Br)c1OCCSc1ccccc1. The van der Waals surface area contributed by atoms with Gasteiger partial charge in [0.2, 0.25) is 0 Å². The molecule has 0 saturated carbocycles. The summed E-state index contributed by atoms with van der Waals surface area (Å²) in [6.07, 6.45) is 0. The predicted molar refractivity (Wildman–Crippen MR) is 89.4 cm³/mol. The van der Waals surface area contributed by atoms with E-state index in [0.717, 1.165) is 21.3 Å². The number of halogens is 2. The Balaban J connectivity index is 1.86. The van der Waals surface area contributed by atoms with Crippen molar-refractivity contribution in [2.24, 2.45) is 0 Å². The molecule has 0 heterocycles. The summed E-state index contributed by atoms with van der Waals surface area (Å²) in [7, 11) is 0. The van der Waals surface area contributed by atoms with Gasteiger partial charge in [0, 0.05) is 21.5 Å². The fourth-order valence-corrected chi connectivity index (χ4v) is 3.36. The molecule has 0 aliphatic rings. The van der Waals surface area contributed by atoms with E-state index in [-0.39, 0.29) is 0 Å². The molecule has 1 nitrogen and oxygen atoms in total. The molecule has 0 unspecified atom stereocenters. The zero-order valence-corrected chi connectivity index (χ0v) is 14.3. The van der Waals surface area contributed by atoms with Crippen LogP contribution in [0.3, 0.4) is 0 Å². The normalized spacial score (nSPS) is 10.4. The van der Waals surface area contributed by atoms with E-state index in [1.54, 1.807) is 11.8 Å². The smallest absolute Gasteiger partial charge is 0.137 e. The quantitative estimate of drug-likeness (QED) is 0.358. The van der Waals surface area contributed by atoms with Gasteiger partial charge in [-0.1, -0.05) is 46.3 Å². The third-order valence-corrected chi connectivity index (χ3v) is 4.74. The first kappa shape index (κ1) is 14.9. The minimum absolute atomic E-state index is 0.697. The van der Waals surface area contributed by atoms with Crippen LogP contribution in [0.1, 0.15) is 5.56 Å². The van der Waals surface area contributed by atoms with E-state index in [1.165, 1.54) is 10.5 Å². The molecule has 0 radical (unpaired) electrons. The molecule has 0 amide bonds. The van der Waals surface area contributed by atoms with Crippen LogP contribution in [0.2, 0.25) is 0 Å². The van der Waals surface area contributed by atoms with Crippen molar-refractivity contribution in [1.82, 2.24) is 0 Å². The molecule has 0 fully saturated rings. The highest BCUT2D eigenvalue weighted by atomic mass is 79.9. The van der Waals surface area contributed by atoms with Crippen molar-refractivity contribution >= 4 is 43.6 Å². The highest BCUT2D eigenvalue weighted by Gasteiger charge is 2.06. The average Bonchev–Trinajstić information content (AvgIpc) is 2.46. The summed E-state index contributed by atoms with van der Waals surface area (Å²) in [6.45, 7) is 0.697. The van der Waals surface area contributed by atoms with Crippen LogP contribution in [0.25, 0.3) is 0 Å². The Hall–Kier alpha value is -0.450. The van der Waals surface area contributed by atoms with E-state index in [1.807, 2.05) is 18.2 Å². The number of alkyl halides is 1. The highest BCUT2D eigenvalue weighted by Crippen LogP contribution is 2.30. The van der Waals surface area contributed by atoms with Gasteiger partial charge >= 0.3 is 0 Å². The Kier molecular flexibility index (Phi) is 6.28. The van der Waals surface area contributed by atoms with Gasteiger partial charge in [-0.05, 0) is 34.1 Å². The molecule has 0 aliphatic heterocycles. The minimum Gasteiger partial charge on any atom is -0.491 e. The van der Waals surface area contributed by atoms with Crippen LogP contribution in [0.5, 0.6) is 5.75 Å². The van der Waals surface area contributed by atoms with Gasteiger partial charge in [-0.3, -0.25) is 0 Å². The molecule has 2 aromatic carbocycles. The summed E-state index contributed by atoms with van der Waals surface area (Å²) in [5.41, 5.74) is 1.17. The molecule has 2 rings (SSSR count). The fraction of sp³-hybridized carbons (Fsp3) is 0.200. The number of ether oxygens (including phenoxy) is 1. The molecule has 0 spiro atoms. The molecule has 100 valence electrons. The maximum Gasteiger partial charge on any atom is 0.137 e. The standard InChI is InChI=1S/C15H14Br2OS/c16-11-12-5-4-8-14(17)15(12)18-9-10-19-13-6-2-1-3-7-13/h1-8H,9-11H2. The van der Waals surface area contributed by atoms with Crippen LogP contribution < -0.4 is 4.74 Å². The van der Waals surface area contributed by atoms with E-state index in [9.17, 15) is 0 Å². The fourth-order valence-electron chi connectivity index (χ4n) is 1.64. The molecule has 19 heavy (non-hydrogen) atoms. The molecule has 0 atom stereocenters. The van der Waals surface area contributed by atoms with E-state index in [2.05, 4.69) is 62.2 Å². The Morgan fingerprint density at radius 2 is 1.79 bits per heavy atom. The van der Waals surface area contributed by atoms with Crippen LogP contribution in [0, 0.1) is 0 Å². The predicted octanol–water partition coefficient (Wildman–Crippen LogP) is 5.52. The molecule has 0 saturated heterocycles. The van der Waals surface area contributed by atoms with Crippen molar-refractivity contribution in [1.29, 1.82) is 0 Å². The van der Waals surface area contributed by atoms with Gasteiger partial charge in [0.15, 0.2) is 0 Å². The summed E-state index contributed by atoms with van der Waals surface area (Å²) in [5.74, 6) is 1.88. The number of thioether (sulfide) groups is 1. The topological polar surface area (TPSA) is 9.23 Å². The molecule has 0 aromatic heterocycles. The van der Waals surface area contributed by atoms with E-state index in [4.69, 9.17) is 4.74 Å². The second-order valence-electron chi connectivity index (χ2n) is 3.87. The number of rotatable bonds is 6. The highest BCUT2D eigenvalue weighted by molar-refractivity contribution is 9.10. The first-order valence-electron chi connectivity index (χ1n) is 5.95. The van der Waals surface area contributed by atoms with Gasteiger partial charge in [-0.15, -0.1) is 11.8 Å². The molecular formula is C15H14Br2OS. The lowest BCUT2D eigenvalue weighted by Crippen LogP contribution is -2.02. The van der Waals surface area contributed by atoms with Gasteiger partial charge in [0.05, 0.1) is 11.1 Å². The van der Waals surface area contributed by atoms with Crippen molar-refractivity contribution in [2.45, 2.75) is 10.2 Å². The number of para-hydroxylation sites is 1. The maximum absolute atomic E-state index is 5.88. The van der Waals surface area contributed by atoms with Crippen molar-refractivity contribution in [3.05, 3.63) is 58.6 Å². The van der Waals surface area contributed by atoms with E-state index < -0.39 is 0 Å². The van der Waals surface area contributed by atoms with Crippen LogP contribution in [0.15, 0.2) is 57.9 Å². The van der Waals surface area contributed by atoms with E-state index >= 15 is 0 Å². The molecular weight excluding hydrogens is 388 g/mol. The summed E-state index contributed by atoms with van der Waals surface area (Å²) >= 11 is 8.82. The first-order chi connectivity index (χ1) is 9.31.